The summed E-state index contributed by atoms with van der Waals surface area (Å²) in [5, 5.41) is 0. The van der Waals surface area contributed by atoms with Crippen LogP contribution in [0.25, 0.3) is 33.9 Å². The van der Waals surface area contributed by atoms with E-state index in [-0.39, 0.29) is 5.92 Å². The fourth-order valence-corrected chi connectivity index (χ4v) is 2.94. The maximum Gasteiger partial charge on any atom is 0.163 e. The number of aromatic nitrogens is 3. The zero-order valence-electron chi connectivity index (χ0n) is 18.3. The van der Waals surface area contributed by atoms with E-state index >= 15 is 0 Å². The highest BCUT2D eigenvalue weighted by atomic mass is 15.0. The Bertz CT molecular complexity index is 1160. The van der Waals surface area contributed by atoms with E-state index in [2.05, 4.69) is 39.2 Å². The zero-order chi connectivity index (χ0) is 21.3. The molecule has 0 aliphatic heterocycles. The van der Waals surface area contributed by atoms with Gasteiger partial charge >= 0.3 is 0 Å². The van der Waals surface area contributed by atoms with Crippen molar-refractivity contribution in [1.29, 1.82) is 0 Å². The molecule has 0 atom stereocenters. The summed E-state index contributed by atoms with van der Waals surface area (Å²) in [6.07, 6.45) is 0. The van der Waals surface area contributed by atoms with E-state index in [0.29, 0.717) is 40.7 Å². The summed E-state index contributed by atoms with van der Waals surface area (Å²) < 4.78 is 16.2. The van der Waals surface area contributed by atoms with E-state index in [4.69, 9.17) is 2.74 Å². The highest BCUT2D eigenvalue weighted by Gasteiger charge is 2.13. The second-order valence-electron chi connectivity index (χ2n) is 7.10. The quantitative estimate of drug-likeness (QED) is 0.424. The van der Waals surface area contributed by atoms with Gasteiger partial charge in [0.25, 0.3) is 0 Å². The van der Waals surface area contributed by atoms with Crippen molar-refractivity contribution in [3.63, 3.8) is 0 Å². The van der Waals surface area contributed by atoms with E-state index < -0.39 is 0 Å². The zero-order valence-corrected chi connectivity index (χ0v) is 16.3. The van der Waals surface area contributed by atoms with Crippen molar-refractivity contribution in [2.75, 3.05) is 0 Å². The molecule has 0 unspecified atom stereocenters. The van der Waals surface area contributed by atoms with Crippen LogP contribution in [-0.4, -0.2) is 15.0 Å². The van der Waals surface area contributed by atoms with Gasteiger partial charge in [-0.15, -0.1) is 0 Å². The summed E-state index contributed by atoms with van der Waals surface area (Å²) >= 11 is 0. The highest BCUT2D eigenvalue weighted by Crippen LogP contribution is 2.26. The van der Waals surface area contributed by atoms with Crippen LogP contribution < -0.4 is 0 Å². The van der Waals surface area contributed by atoms with E-state index in [0.717, 1.165) is 16.7 Å². The maximum atomic E-state index is 8.12. The average molecular weight is 367 g/mol. The largest absolute Gasteiger partial charge is 0.213 e. The number of hydrogen-bond donors (Lipinski definition) is 0. The summed E-state index contributed by atoms with van der Waals surface area (Å²) in [6, 6.07) is 22.5. The van der Waals surface area contributed by atoms with Crippen LogP contribution in [0.1, 0.15) is 33.9 Å². The Morgan fingerprint density at radius 1 is 0.643 bits per heavy atom. The lowest BCUT2D eigenvalue weighted by atomic mass is 10.0. The molecule has 3 aromatic carbocycles. The van der Waals surface area contributed by atoms with Crippen molar-refractivity contribution in [2.24, 2.45) is 0 Å². The Morgan fingerprint density at radius 3 is 1.71 bits per heavy atom. The minimum absolute atomic E-state index is 0.130. The van der Waals surface area contributed by atoms with Crippen molar-refractivity contribution in [3.8, 4) is 33.9 Å². The summed E-state index contributed by atoms with van der Waals surface area (Å²) in [5.41, 5.74) is 4.52. The standard InChI is InChI=1S/C25H23N3/c1-17(2)23-26-24(21-11-9-18(3)10-12-21)28-25(27-23)22-15-13-20(14-16-22)19-7-5-4-6-8-19/h4-17H,1-3H3/i9D,10D. The highest BCUT2D eigenvalue weighted by molar-refractivity contribution is 5.68. The minimum atomic E-state index is 0.130. The minimum Gasteiger partial charge on any atom is -0.213 e. The third-order valence-electron chi connectivity index (χ3n) is 4.57. The molecule has 1 aromatic heterocycles. The van der Waals surface area contributed by atoms with E-state index in [9.17, 15) is 0 Å². The monoisotopic (exact) mass is 367 g/mol. The van der Waals surface area contributed by atoms with E-state index in [1.165, 1.54) is 0 Å². The van der Waals surface area contributed by atoms with Gasteiger partial charge in [-0.2, -0.15) is 0 Å². The molecule has 28 heavy (non-hydrogen) atoms. The molecule has 0 N–H and O–H groups in total. The van der Waals surface area contributed by atoms with Gasteiger partial charge in [0.1, 0.15) is 5.82 Å². The first-order valence-corrected chi connectivity index (χ1v) is 9.42. The summed E-state index contributed by atoms with van der Waals surface area (Å²) in [7, 11) is 0. The Balaban J connectivity index is 1.79. The molecule has 4 aromatic rings. The van der Waals surface area contributed by atoms with Crippen LogP contribution in [0.4, 0.5) is 0 Å². The summed E-state index contributed by atoms with van der Waals surface area (Å²) in [6.45, 7) is 5.87. The molecule has 3 heteroatoms. The van der Waals surface area contributed by atoms with Gasteiger partial charge in [0, 0.05) is 17.0 Å². The van der Waals surface area contributed by atoms with E-state index in [1.54, 1.807) is 19.1 Å². The second kappa shape index (κ2) is 7.73. The van der Waals surface area contributed by atoms with Crippen LogP contribution >= 0.6 is 0 Å². The van der Waals surface area contributed by atoms with Crippen LogP contribution in [0.2, 0.25) is 0 Å². The molecule has 0 aliphatic rings. The molecule has 0 fully saturated rings. The van der Waals surface area contributed by atoms with Gasteiger partial charge in [-0.25, -0.2) is 15.0 Å². The number of benzene rings is 3. The second-order valence-corrected chi connectivity index (χ2v) is 7.10. The Hall–Kier alpha value is -3.33. The van der Waals surface area contributed by atoms with Gasteiger partial charge < -0.3 is 0 Å². The molecule has 4 rings (SSSR count). The number of hydrogen-bond acceptors (Lipinski definition) is 3. The number of nitrogens with zero attached hydrogens (tertiary/aromatic N) is 3. The molecule has 0 saturated carbocycles. The predicted molar refractivity (Wildman–Crippen MR) is 115 cm³/mol. The van der Waals surface area contributed by atoms with Crippen molar-refractivity contribution >= 4 is 0 Å². The average Bonchev–Trinajstić information content (AvgIpc) is 2.77. The summed E-state index contributed by atoms with van der Waals surface area (Å²) in [5.74, 6) is 1.92. The molecule has 3 nitrogen and oxygen atoms in total. The fourth-order valence-electron chi connectivity index (χ4n) is 2.94. The van der Waals surface area contributed by atoms with Gasteiger partial charge in [-0.05, 0) is 18.1 Å². The molecule has 0 aliphatic carbocycles. The topological polar surface area (TPSA) is 38.7 Å². The Labute approximate surface area is 169 Å². The predicted octanol–water partition coefficient (Wildman–Crippen LogP) is 6.30. The van der Waals surface area contributed by atoms with Gasteiger partial charge in [0.15, 0.2) is 11.6 Å². The van der Waals surface area contributed by atoms with Crippen LogP contribution in [-0.2, 0) is 0 Å². The normalized spacial score (nSPS) is 12.0. The molecule has 0 amide bonds. The third-order valence-corrected chi connectivity index (χ3v) is 4.57. The number of rotatable bonds is 4. The van der Waals surface area contributed by atoms with Gasteiger partial charge in [0.05, 0.1) is 2.74 Å². The van der Waals surface area contributed by atoms with Crippen molar-refractivity contribution < 1.29 is 2.74 Å². The van der Waals surface area contributed by atoms with Crippen molar-refractivity contribution in [1.82, 2.24) is 15.0 Å². The van der Waals surface area contributed by atoms with Crippen LogP contribution in [0.15, 0.2) is 78.8 Å². The molecular weight excluding hydrogens is 342 g/mol. The van der Waals surface area contributed by atoms with Crippen molar-refractivity contribution in [2.45, 2.75) is 26.7 Å². The molecule has 0 radical (unpaired) electrons. The van der Waals surface area contributed by atoms with Crippen LogP contribution in [0, 0.1) is 6.92 Å². The Kier molecular flexibility index (Phi) is 4.33. The molecule has 0 spiro atoms. The lowest BCUT2D eigenvalue weighted by Crippen LogP contribution is -2.04. The van der Waals surface area contributed by atoms with Crippen LogP contribution in [0.3, 0.4) is 0 Å². The molecular formula is C25H23N3. The smallest absolute Gasteiger partial charge is 0.163 e. The molecule has 1 heterocycles. The fraction of sp³-hybridized carbons (Fsp3) is 0.160. The van der Waals surface area contributed by atoms with Gasteiger partial charge in [0.2, 0.25) is 0 Å². The molecule has 138 valence electrons. The molecule has 0 bridgehead atoms. The van der Waals surface area contributed by atoms with E-state index in [1.807, 2.05) is 44.2 Å². The molecule has 0 saturated heterocycles. The van der Waals surface area contributed by atoms with Crippen molar-refractivity contribution in [3.05, 3.63) is 90.2 Å². The first-order valence-electron chi connectivity index (χ1n) is 10.4. The Morgan fingerprint density at radius 2 is 1.14 bits per heavy atom. The lowest BCUT2D eigenvalue weighted by Gasteiger charge is -2.10. The maximum absolute atomic E-state index is 8.12. The SMILES string of the molecule is [2H]c1cc(-c2nc(-c3ccc(-c4ccccc4)cc3)nc(C(C)C)n2)cc([2H])c1C. The third kappa shape index (κ3) is 3.84. The summed E-state index contributed by atoms with van der Waals surface area (Å²) in [4.78, 5) is 14.0. The first kappa shape index (κ1) is 15.7. The lowest BCUT2D eigenvalue weighted by molar-refractivity contribution is 0.766. The first-order chi connectivity index (χ1) is 14.4. The van der Waals surface area contributed by atoms with Crippen LogP contribution in [0.5, 0.6) is 0 Å². The van der Waals surface area contributed by atoms with Gasteiger partial charge in [-0.3, -0.25) is 0 Å². The van der Waals surface area contributed by atoms with Gasteiger partial charge in [-0.1, -0.05) is 98.2 Å².